The molecular formula is C23H25FN2O4. The molecule has 1 N–H and O–H groups in total. The van der Waals surface area contributed by atoms with E-state index in [0.29, 0.717) is 36.6 Å². The zero-order chi connectivity index (χ0) is 21.5. The van der Waals surface area contributed by atoms with Crippen LogP contribution in [0.5, 0.6) is 11.5 Å². The van der Waals surface area contributed by atoms with Crippen molar-refractivity contribution in [2.75, 3.05) is 20.8 Å². The zero-order valence-corrected chi connectivity index (χ0v) is 17.3. The quantitative estimate of drug-likeness (QED) is 0.566. The lowest BCUT2D eigenvalue weighted by Crippen LogP contribution is -2.26. The van der Waals surface area contributed by atoms with Crippen LogP contribution in [-0.4, -0.2) is 31.8 Å². The zero-order valence-electron chi connectivity index (χ0n) is 17.3. The van der Waals surface area contributed by atoms with Crippen LogP contribution in [0.4, 0.5) is 4.39 Å². The lowest BCUT2D eigenvalue weighted by molar-refractivity contribution is -0.121. The van der Waals surface area contributed by atoms with E-state index >= 15 is 0 Å². The third-order valence-corrected chi connectivity index (χ3v) is 4.91. The highest BCUT2D eigenvalue weighted by atomic mass is 19.1. The van der Waals surface area contributed by atoms with Crippen LogP contribution in [0.15, 0.2) is 53.2 Å². The van der Waals surface area contributed by atoms with Crippen LogP contribution in [0.2, 0.25) is 0 Å². The number of hydrogen-bond acceptors (Lipinski definition) is 5. The Kier molecular flexibility index (Phi) is 7.06. The minimum absolute atomic E-state index is 0.0609. The first kappa shape index (κ1) is 21.4. The molecular weight excluding hydrogens is 387 g/mol. The summed E-state index contributed by atoms with van der Waals surface area (Å²) in [5.74, 6) is 1.41. The molecule has 158 valence electrons. The van der Waals surface area contributed by atoms with E-state index in [0.717, 1.165) is 16.7 Å². The Morgan fingerprint density at radius 1 is 1.13 bits per heavy atom. The molecule has 6 nitrogen and oxygen atoms in total. The van der Waals surface area contributed by atoms with Gasteiger partial charge < -0.3 is 19.3 Å². The monoisotopic (exact) mass is 412 g/mol. The number of hydrogen-bond donors (Lipinski definition) is 1. The first-order valence-electron chi connectivity index (χ1n) is 9.70. The Labute approximate surface area is 175 Å². The highest BCUT2D eigenvalue weighted by Crippen LogP contribution is 2.31. The highest BCUT2D eigenvalue weighted by molar-refractivity contribution is 5.77. The Bertz CT molecular complexity index is 985. The molecule has 1 unspecified atom stereocenters. The Balaban J connectivity index is 1.54. The third kappa shape index (κ3) is 5.17. The Hall–Kier alpha value is -3.35. The molecule has 7 heteroatoms. The largest absolute Gasteiger partial charge is 0.493 e. The van der Waals surface area contributed by atoms with Gasteiger partial charge in [0.2, 0.25) is 5.91 Å². The number of aromatic nitrogens is 1. The van der Waals surface area contributed by atoms with Gasteiger partial charge in [0, 0.05) is 24.1 Å². The van der Waals surface area contributed by atoms with E-state index < -0.39 is 0 Å². The third-order valence-electron chi connectivity index (χ3n) is 4.91. The molecule has 1 aromatic heterocycles. The number of nitrogens with zero attached hydrogens (tertiary/aromatic N) is 1. The van der Waals surface area contributed by atoms with Gasteiger partial charge in [-0.1, -0.05) is 18.1 Å². The smallest absolute Gasteiger partial charge is 0.220 e. The van der Waals surface area contributed by atoms with Gasteiger partial charge in [-0.15, -0.1) is 0 Å². The number of nitrogens with one attached hydrogen (secondary N) is 1. The molecule has 0 saturated heterocycles. The van der Waals surface area contributed by atoms with Gasteiger partial charge in [0.1, 0.15) is 5.82 Å². The average Bonchev–Trinajstić information content (AvgIpc) is 3.24. The molecule has 1 heterocycles. The fraction of sp³-hybridized carbons (Fsp3) is 0.304. The summed E-state index contributed by atoms with van der Waals surface area (Å²) in [5.41, 5.74) is 2.58. The maximum Gasteiger partial charge on any atom is 0.220 e. The van der Waals surface area contributed by atoms with E-state index in [1.54, 1.807) is 32.5 Å². The molecule has 30 heavy (non-hydrogen) atoms. The summed E-state index contributed by atoms with van der Waals surface area (Å²) in [5, 5.41) is 6.80. The minimum atomic E-state index is -0.318. The van der Waals surface area contributed by atoms with Gasteiger partial charge in [0.15, 0.2) is 17.3 Å². The number of benzene rings is 2. The topological polar surface area (TPSA) is 73.6 Å². The highest BCUT2D eigenvalue weighted by Gasteiger charge is 2.19. The second-order valence-corrected chi connectivity index (χ2v) is 7.01. The summed E-state index contributed by atoms with van der Waals surface area (Å²) < 4.78 is 29.1. The summed E-state index contributed by atoms with van der Waals surface area (Å²) in [6.45, 7) is 2.45. The fourth-order valence-corrected chi connectivity index (χ4v) is 3.26. The summed E-state index contributed by atoms with van der Waals surface area (Å²) in [4.78, 5) is 12.4. The van der Waals surface area contributed by atoms with E-state index in [1.807, 2.05) is 25.1 Å². The van der Waals surface area contributed by atoms with Crippen LogP contribution >= 0.6 is 0 Å². The molecule has 0 aliphatic carbocycles. The van der Waals surface area contributed by atoms with E-state index in [1.165, 1.54) is 12.1 Å². The van der Waals surface area contributed by atoms with Crippen molar-refractivity contribution >= 4 is 5.91 Å². The molecule has 3 aromatic rings. The molecule has 1 atom stereocenters. The molecule has 0 aliphatic heterocycles. The van der Waals surface area contributed by atoms with E-state index in [-0.39, 0.29) is 17.6 Å². The van der Waals surface area contributed by atoms with Crippen molar-refractivity contribution in [3.8, 4) is 22.8 Å². The van der Waals surface area contributed by atoms with Gasteiger partial charge in [-0.25, -0.2) is 4.39 Å². The van der Waals surface area contributed by atoms with Crippen molar-refractivity contribution in [3.63, 3.8) is 0 Å². The second-order valence-electron chi connectivity index (χ2n) is 7.01. The molecule has 1 amide bonds. The predicted molar refractivity (Wildman–Crippen MR) is 111 cm³/mol. The minimum Gasteiger partial charge on any atom is -0.493 e. The van der Waals surface area contributed by atoms with E-state index in [9.17, 15) is 9.18 Å². The number of carbonyl (C=O) groups excluding carboxylic acids is 1. The number of methoxy groups -OCH3 is 2. The second kappa shape index (κ2) is 9.91. The maximum absolute atomic E-state index is 13.2. The molecule has 0 aliphatic rings. The SMILES string of the molecule is COc1ccc(CCNC(=O)CC(C)c2cnoc2-c2ccc(F)cc2)cc1OC. The molecule has 0 bridgehead atoms. The van der Waals surface area contributed by atoms with Crippen molar-refractivity contribution in [1.29, 1.82) is 0 Å². The predicted octanol–water partition coefficient (Wildman–Crippen LogP) is 4.35. The van der Waals surface area contributed by atoms with Gasteiger partial charge in [-0.2, -0.15) is 0 Å². The lowest BCUT2D eigenvalue weighted by Gasteiger charge is -2.12. The van der Waals surface area contributed by atoms with Crippen LogP contribution in [0.1, 0.15) is 30.4 Å². The van der Waals surface area contributed by atoms with Crippen molar-refractivity contribution in [3.05, 3.63) is 65.6 Å². The summed E-state index contributed by atoms with van der Waals surface area (Å²) >= 11 is 0. The van der Waals surface area contributed by atoms with Gasteiger partial charge in [0.05, 0.1) is 20.4 Å². The maximum atomic E-state index is 13.2. The van der Waals surface area contributed by atoms with Crippen molar-refractivity contribution in [1.82, 2.24) is 10.5 Å². The number of rotatable bonds is 9. The molecule has 0 radical (unpaired) electrons. The van der Waals surface area contributed by atoms with Gasteiger partial charge in [-0.3, -0.25) is 4.79 Å². The number of halogens is 1. The van der Waals surface area contributed by atoms with Crippen molar-refractivity contribution in [2.45, 2.75) is 25.7 Å². The van der Waals surface area contributed by atoms with Crippen molar-refractivity contribution in [2.24, 2.45) is 0 Å². The molecule has 3 rings (SSSR count). The molecule has 0 fully saturated rings. The van der Waals surface area contributed by atoms with Crippen molar-refractivity contribution < 1.29 is 23.2 Å². The summed E-state index contributed by atoms with van der Waals surface area (Å²) in [7, 11) is 3.19. The van der Waals surface area contributed by atoms with Crippen LogP contribution in [0.3, 0.4) is 0 Å². The average molecular weight is 412 g/mol. The first-order valence-corrected chi connectivity index (χ1v) is 9.70. The normalized spacial score (nSPS) is 11.7. The molecule has 2 aromatic carbocycles. The molecule has 0 saturated carbocycles. The number of carbonyl (C=O) groups is 1. The van der Waals surface area contributed by atoms with Gasteiger partial charge in [-0.05, 0) is 54.3 Å². The van der Waals surface area contributed by atoms with Crippen LogP contribution in [0.25, 0.3) is 11.3 Å². The Morgan fingerprint density at radius 2 is 1.87 bits per heavy atom. The van der Waals surface area contributed by atoms with Crippen LogP contribution in [-0.2, 0) is 11.2 Å². The van der Waals surface area contributed by atoms with Crippen LogP contribution in [0, 0.1) is 5.82 Å². The van der Waals surface area contributed by atoms with Gasteiger partial charge in [0.25, 0.3) is 0 Å². The fourth-order valence-electron chi connectivity index (χ4n) is 3.26. The van der Waals surface area contributed by atoms with E-state index in [4.69, 9.17) is 14.0 Å². The van der Waals surface area contributed by atoms with E-state index in [2.05, 4.69) is 10.5 Å². The number of ether oxygens (including phenoxy) is 2. The summed E-state index contributed by atoms with van der Waals surface area (Å²) in [6, 6.07) is 11.7. The Morgan fingerprint density at radius 3 is 2.57 bits per heavy atom. The summed E-state index contributed by atoms with van der Waals surface area (Å²) in [6.07, 6.45) is 2.58. The number of amides is 1. The standard InChI is InChI=1S/C23H25FN2O4/c1-15(19-14-26-30-23(19)17-5-7-18(24)8-6-17)12-22(27)25-11-10-16-4-9-20(28-2)21(13-16)29-3/h4-9,13-15H,10-12H2,1-3H3,(H,25,27). The first-order chi connectivity index (χ1) is 14.5. The van der Waals surface area contributed by atoms with Crippen LogP contribution < -0.4 is 14.8 Å². The van der Waals surface area contributed by atoms with Gasteiger partial charge >= 0.3 is 0 Å². The molecule has 0 spiro atoms. The lowest BCUT2D eigenvalue weighted by atomic mass is 9.95.